The molecule has 0 aliphatic carbocycles. The third-order valence-electron chi connectivity index (χ3n) is 3.43. The maximum atomic E-state index is 10.4. The SMILES string of the molecule is COCc1c(Br)c(Br)c(O)c(O)c1Cc1cc(O)c(O)c(Br)c1Br. The minimum Gasteiger partial charge on any atom is -0.504 e. The van der Waals surface area contributed by atoms with Crippen molar-refractivity contribution in [3.63, 3.8) is 0 Å². The van der Waals surface area contributed by atoms with Gasteiger partial charge in [-0.25, -0.2) is 0 Å². The molecule has 0 spiro atoms. The van der Waals surface area contributed by atoms with Gasteiger partial charge in [0.25, 0.3) is 0 Å². The summed E-state index contributed by atoms with van der Waals surface area (Å²) in [6.07, 6.45) is 0.178. The van der Waals surface area contributed by atoms with E-state index in [2.05, 4.69) is 63.7 Å². The fraction of sp³-hybridized carbons (Fsp3) is 0.200. The van der Waals surface area contributed by atoms with Gasteiger partial charge in [0.15, 0.2) is 23.0 Å². The Bertz CT molecular complexity index is 808. The van der Waals surface area contributed by atoms with Crippen LogP contribution in [0.15, 0.2) is 24.0 Å². The maximum Gasteiger partial charge on any atom is 0.173 e. The van der Waals surface area contributed by atoms with E-state index in [4.69, 9.17) is 4.74 Å². The second-order valence-corrected chi connectivity index (χ2v) is 8.10. The van der Waals surface area contributed by atoms with Crippen molar-refractivity contribution in [1.82, 2.24) is 0 Å². The molecule has 24 heavy (non-hydrogen) atoms. The van der Waals surface area contributed by atoms with Crippen LogP contribution in [0.2, 0.25) is 0 Å². The first kappa shape index (κ1) is 19.8. The van der Waals surface area contributed by atoms with E-state index in [1.54, 1.807) is 0 Å². The van der Waals surface area contributed by atoms with Crippen LogP contribution in [-0.4, -0.2) is 27.5 Å². The highest BCUT2D eigenvalue weighted by Gasteiger charge is 2.23. The van der Waals surface area contributed by atoms with Crippen molar-refractivity contribution in [2.45, 2.75) is 13.0 Å². The van der Waals surface area contributed by atoms with Gasteiger partial charge in [-0.05, 0) is 75.3 Å². The number of methoxy groups -OCH3 is 1. The fourth-order valence-corrected chi connectivity index (χ4v) is 4.09. The molecule has 2 aromatic rings. The van der Waals surface area contributed by atoms with Crippen LogP contribution >= 0.6 is 63.7 Å². The van der Waals surface area contributed by atoms with Gasteiger partial charge < -0.3 is 25.2 Å². The van der Waals surface area contributed by atoms with Crippen molar-refractivity contribution in [2.24, 2.45) is 0 Å². The van der Waals surface area contributed by atoms with Crippen LogP contribution in [0.5, 0.6) is 23.0 Å². The average Bonchev–Trinajstić information content (AvgIpc) is 2.56. The Morgan fingerprint density at radius 2 is 1.38 bits per heavy atom. The first-order chi connectivity index (χ1) is 11.2. The average molecular weight is 592 g/mol. The standard InChI is InChI=1S/C15H12Br4O5/c1-24-4-7-6(13(21)15(23)12(19)10(7)17)2-5-3-8(20)14(22)11(18)9(5)16/h3,20-23H,2,4H2,1H3. The van der Waals surface area contributed by atoms with Crippen LogP contribution in [0.4, 0.5) is 0 Å². The van der Waals surface area contributed by atoms with Crippen molar-refractivity contribution in [3.05, 3.63) is 40.6 Å². The lowest BCUT2D eigenvalue weighted by atomic mass is 9.98. The number of aromatic hydroxyl groups is 4. The Balaban J connectivity index is 2.66. The Kier molecular flexibility index (Phi) is 6.46. The second kappa shape index (κ2) is 7.82. The van der Waals surface area contributed by atoms with E-state index in [0.29, 0.717) is 34.6 Å². The quantitative estimate of drug-likeness (QED) is 0.363. The van der Waals surface area contributed by atoms with Gasteiger partial charge in [-0.3, -0.25) is 0 Å². The first-order valence-electron chi connectivity index (χ1n) is 6.49. The van der Waals surface area contributed by atoms with E-state index >= 15 is 0 Å². The molecule has 0 heterocycles. The topological polar surface area (TPSA) is 90.2 Å². The number of hydrogen-bond acceptors (Lipinski definition) is 5. The molecule has 0 aromatic heterocycles. The maximum absolute atomic E-state index is 10.4. The Morgan fingerprint density at radius 1 is 0.792 bits per heavy atom. The molecule has 2 aromatic carbocycles. The molecule has 0 aliphatic heterocycles. The van der Waals surface area contributed by atoms with Crippen molar-refractivity contribution in [2.75, 3.05) is 7.11 Å². The monoisotopic (exact) mass is 588 g/mol. The van der Waals surface area contributed by atoms with Gasteiger partial charge in [-0.15, -0.1) is 0 Å². The Hall–Kier alpha value is -0.480. The van der Waals surface area contributed by atoms with Crippen molar-refractivity contribution < 1.29 is 25.2 Å². The van der Waals surface area contributed by atoms with Gasteiger partial charge >= 0.3 is 0 Å². The normalized spacial score (nSPS) is 11.0. The van der Waals surface area contributed by atoms with Gasteiger partial charge in [0.2, 0.25) is 0 Å². The summed E-state index contributed by atoms with van der Waals surface area (Å²) in [4.78, 5) is 0. The van der Waals surface area contributed by atoms with Crippen LogP contribution in [0, 0.1) is 0 Å². The van der Waals surface area contributed by atoms with Gasteiger partial charge in [0.1, 0.15) is 0 Å². The molecule has 0 bridgehead atoms. The van der Waals surface area contributed by atoms with E-state index in [-0.39, 0.29) is 36.0 Å². The van der Waals surface area contributed by atoms with E-state index in [1.807, 2.05) is 0 Å². The van der Waals surface area contributed by atoms with E-state index in [1.165, 1.54) is 13.2 Å². The summed E-state index contributed by atoms with van der Waals surface area (Å²) in [6, 6.07) is 1.38. The molecule has 5 nitrogen and oxygen atoms in total. The van der Waals surface area contributed by atoms with E-state index in [0.717, 1.165) is 0 Å². The largest absolute Gasteiger partial charge is 0.504 e. The molecular formula is C15H12Br4O5. The first-order valence-corrected chi connectivity index (χ1v) is 9.66. The second-order valence-electron chi connectivity index (χ2n) is 4.92. The molecule has 0 amide bonds. The number of benzene rings is 2. The highest BCUT2D eigenvalue weighted by Crippen LogP contribution is 2.47. The van der Waals surface area contributed by atoms with Crippen LogP contribution in [0.1, 0.15) is 16.7 Å². The lowest BCUT2D eigenvalue weighted by Gasteiger charge is -2.18. The molecule has 2 rings (SSSR count). The number of rotatable bonds is 4. The third-order valence-corrected chi connectivity index (χ3v) is 7.82. The highest BCUT2D eigenvalue weighted by molar-refractivity contribution is 9.13. The zero-order valence-corrected chi connectivity index (χ0v) is 18.5. The molecule has 0 unspecified atom stereocenters. The summed E-state index contributed by atoms with van der Waals surface area (Å²) in [7, 11) is 1.52. The smallest absolute Gasteiger partial charge is 0.173 e. The zero-order chi connectivity index (χ0) is 18.2. The van der Waals surface area contributed by atoms with Gasteiger partial charge in [-0.1, -0.05) is 0 Å². The van der Waals surface area contributed by atoms with Crippen molar-refractivity contribution in [3.8, 4) is 23.0 Å². The molecule has 0 fully saturated rings. The molecule has 9 heteroatoms. The molecule has 0 atom stereocenters. The minimum absolute atomic E-state index is 0.178. The van der Waals surface area contributed by atoms with Crippen LogP contribution in [-0.2, 0) is 17.8 Å². The molecule has 0 aliphatic rings. The van der Waals surface area contributed by atoms with E-state index < -0.39 is 0 Å². The summed E-state index contributed by atoms with van der Waals surface area (Å²) in [5, 5.41) is 40.0. The summed E-state index contributed by atoms with van der Waals surface area (Å²) in [6.45, 7) is 0.200. The van der Waals surface area contributed by atoms with Gasteiger partial charge in [-0.2, -0.15) is 0 Å². The molecule has 4 N–H and O–H groups in total. The van der Waals surface area contributed by atoms with Crippen LogP contribution in [0.25, 0.3) is 0 Å². The highest BCUT2D eigenvalue weighted by atomic mass is 79.9. The summed E-state index contributed by atoms with van der Waals surface area (Å²) in [5.74, 6) is -1.16. The van der Waals surface area contributed by atoms with E-state index in [9.17, 15) is 20.4 Å². The Labute approximate surface area is 171 Å². The number of phenolic OH excluding ortho intramolecular Hbond substituents is 4. The summed E-state index contributed by atoms with van der Waals surface area (Å²) in [5.41, 5.74) is 1.68. The summed E-state index contributed by atoms with van der Waals surface area (Å²) < 4.78 is 6.89. The van der Waals surface area contributed by atoms with Gasteiger partial charge in [0.05, 0.1) is 15.6 Å². The number of ether oxygens (including phenoxy) is 1. The Morgan fingerprint density at radius 3 is 1.96 bits per heavy atom. The number of phenols is 4. The van der Waals surface area contributed by atoms with Crippen LogP contribution in [0.3, 0.4) is 0 Å². The predicted molar refractivity (Wildman–Crippen MR) is 104 cm³/mol. The lowest BCUT2D eigenvalue weighted by Crippen LogP contribution is -2.02. The molecule has 0 saturated carbocycles. The molecule has 0 saturated heterocycles. The number of hydrogen-bond donors (Lipinski definition) is 4. The molecule has 0 radical (unpaired) electrons. The molecule has 130 valence electrons. The van der Waals surface area contributed by atoms with Crippen molar-refractivity contribution >= 4 is 63.7 Å². The minimum atomic E-state index is -0.298. The van der Waals surface area contributed by atoms with Crippen molar-refractivity contribution in [1.29, 1.82) is 0 Å². The fourth-order valence-electron chi connectivity index (χ4n) is 2.22. The summed E-state index contributed by atoms with van der Waals surface area (Å²) >= 11 is 13.1. The number of halogens is 4. The van der Waals surface area contributed by atoms with Gasteiger partial charge in [0, 0.05) is 33.6 Å². The predicted octanol–water partition coefficient (Wildman–Crippen LogP) is 5.30. The third kappa shape index (κ3) is 3.55. The zero-order valence-electron chi connectivity index (χ0n) is 12.2. The van der Waals surface area contributed by atoms with Crippen LogP contribution < -0.4 is 0 Å². The molecular weight excluding hydrogens is 580 g/mol. The lowest BCUT2D eigenvalue weighted by molar-refractivity contribution is 0.183.